The fourth-order valence-electron chi connectivity index (χ4n) is 2.26. The minimum atomic E-state index is 0.701. The molecule has 2 atom stereocenters. The lowest BCUT2D eigenvalue weighted by atomic mass is 10.1. The Hall–Kier alpha value is -0.670. The third-order valence-corrected chi connectivity index (χ3v) is 4.71. The molecule has 1 aromatic rings. The molecule has 1 aliphatic carbocycles. The molecule has 0 saturated heterocycles. The normalized spacial score (nSPS) is 24.6. The monoisotopic (exact) mass is 237 g/mol. The van der Waals surface area contributed by atoms with Gasteiger partial charge in [-0.1, -0.05) is 6.42 Å². The van der Waals surface area contributed by atoms with Crippen molar-refractivity contribution in [3.8, 4) is 5.75 Å². The number of hydrogen-bond acceptors (Lipinski definition) is 3. The van der Waals surface area contributed by atoms with Gasteiger partial charge in [0.05, 0.1) is 7.11 Å². The summed E-state index contributed by atoms with van der Waals surface area (Å²) >= 11 is 1.97. The molecule has 0 radical (unpaired) electrons. The lowest BCUT2D eigenvalue weighted by Gasteiger charge is -2.17. The van der Waals surface area contributed by atoms with Gasteiger partial charge < -0.3 is 10.5 Å². The summed E-state index contributed by atoms with van der Waals surface area (Å²) in [6.07, 6.45) is 3.93. The molecule has 0 spiro atoms. The molecule has 0 bridgehead atoms. The highest BCUT2D eigenvalue weighted by atomic mass is 32.2. The van der Waals surface area contributed by atoms with E-state index in [4.69, 9.17) is 10.5 Å². The van der Waals surface area contributed by atoms with Crippen molar-refractivity contribution in [1.29, 1.82) is 0 Å². The summed E-state index contributed by atoms with van der Waals surface area (Å²) in [6, 6.07) is 8.31. The molecule has 1 aliphatic rings. The van der Waals surface area contributed by atoms with Gasteiger partial charge in [-0.3, -0.25) is 0 Å². The van der Waals surface area contributed by atoms with Crippen LogP contribution in [0.3, 0.4) is 0 Å². The van der Waals surface area contributed by atoms with Gasteiger partial charge in [-0.15, -0.1) is 11.8 Å². The third-order valence-electron chi connectivity index (χ3n) is 3.24. The number of thioether (sulfide) groups is 1. The summed E-state index contributed by atoms with van der Waals surface area (Å²) in [7, 11) is 1.70. The number of nitrogens with two attached hydrogens (primary N) is 1. The maximum atomic E-state index is 5.79. The summed E-state index contributed by atoms with van der Waals surface area (Å²) in [4.78, 5) is 1.33. The third kappa shape index (κ3) is 2.71. The van der Waals surface area contributed by atoms with Crippen molar-refractivity contribution < 1.29 is 4.74 Å². The Morgan fingerprint density at radius 2 is 2.06 bits per heavy atom. The van der Waals surface area contributed by atoms with Crippen molar-refractivity contribution in [2.45, 2.75) is 29.4 Å². The zero-order chi connectivity index (χ0) is 11.4. The summed E-state index contributed by atoms with van der Waals surface area (Å²) in [5, 5.41) is 0.707. The number of hydrogen-bond donors (Lipinski definition) is 1. The first-order chi connectivity index (χ1) is 7.83. The van der Waals surface area contributed by atoms with Gasteiger partial charge in [0.1, 0.15) is 5.75 Å². The Labute approximate surface area is 102 Å². The average molecular weight is 237 g/mol. The first-order valence-corrected chi connectivity index (χ1v) is 6.72. The molecule has 2 rings (SSSR count). The van der Waals surface area contributed by atoms with Crippen LogP contribution in [0.5, 0.6) is 5.75 Å². The molecule has 2 nitrogen and oxygen atoms in total. The number of benzene rings is 1. The van der Waals surface area contributed by atoms with E-state index in [-0.39, 0.29) is 0 Å². The van der Waals surface area contributed by atoms with Gasteiger partial charge in [0.2, 0.25) is 0 Å². The van der Waals surface area contributed by atoms with E-state index < -0.39 is 0 Å². The van der Waals surface area contributed by atoms with Gasteiger partial charge in [-0.05, 0) is 49.6 Å². The van der Waals surface area contributed by atoms with Crippen molar-refractivity contribution in [1.82, 2.24) is 0 Å². The fourth-order valence-corrected chi connectivity index (χ4v) is 3.62. The average Bonchev–Trinajstić information content (AvgIpc) is 2.77. The molecule has 88 valence electrons. The Kier molecular flexibility index (Phi) is 4.13. The van der Waals surface area contributed by atoms with E-state index in [1.165, 1.54) is 24.2 Å². The van der Waals surface area contributed by atoms with E-state index in [1.807, 2.05) is 23.9 Å². The molecule has 3 heteroatoms. The molecule has 1 aromatic carbocycles. The molecule has 2 N–H and O–H groups in total. The topological polar surface area (TPSA) is 35.2 Å². The molecule has 16 heavy (non-hydrogen) atoms. The van der Waals surface area contributed by atoms with Crippen molar-refractivity contribution in [3.63, 3.8) is 0 Å². The van der Waals surface area contributed by atoms with Crippen LogP contribution < -0.4 is 10.5 Å². The number of rotatable bonds is 4. The smallest absolute Gasteiger partial charge is 0.118 e. The zero-order valence-electron chi connectivity index (χ0n) is 9.69. The molecule has 0 amide bonds. The maximum Gasteiger partial charge on any atom is 0.118 e. The van der Waals surface area contributed by atoms with Gasteiger partial charge in [-0.25, -0.2) is 0 Å². The van der Waals surface area contributed by atoms with Crippen LogP contribution in [0, 0.1) is 5.92 Å². The summed E-state index contributed by atoms with van der Waals surface area (Å²) in [5.41, 5.74) is 5.79. The first kappa shape index (κ1) is 11.8. The maximum absolute atomic E-state index is 5.79. The second-order valence-electron chi connectivity index (χ2n) is 4.26. The highest BCUT2D eigenvalue weighted by Gasteiger charge is 2.26. The van der Waals surface area contributed by atoms with Crippen molar-refractivity contribution in [2.24, 2.45) is 11.7 Å². The van der Waals surface area contributed by atoms with Gasteiger partial charge in [-0.2, -0.15) is 0 Å². The minimum Gasteiger partial charge on any atom is -0.497 e. The lowest BCUT2D eigenvalue weighted by Crippen LogP contribution is -2.20. The predicted molar refractivity (Wildman–Crippen MR) is 69.0 cm³/mol. The zero-order valence-corrected chi connectivity index (χ0v) is 10.5. The Bertz CT molecular complexity index is 325. The minimum absolute atomic E-state index is 0.701. The molecular weight excluding hydrogens is 218 g/mol. The van der Waals surface area contributed by atoms with E-state index >= 15 is 0 Å². The first-order valence-electron chi connectivity index (χ1n) is 5.84. The number of methoxy groups -OCH3 is 1. The lowest BCUT2D eigenvalue weighted by molar-refractivity contribution is 0.414. The second-order valence-corrected chi connectivity index (χ2v) is 5.57. The van der Waals surface area contributed by atoms with E-state index in [0.29, 0.717) is 11.2 Å². The SMILES string of the molecule is COc1ccc(SC2CCCC2CN)cc1. The fraction of sp³-hybridized carbons (Fsp3) is 0.538. The summed E-state index contributed by atoms with van der Waals surface area (Å²) in [6.45, 7) is 0.827. The largest absolute Gasteiger partial charge is 0.497 e. The molecular formula is C13H19NOS. The van der Waals surface area contributed by atoms with Gasteiger partial charge >= 0.3 is 0 Å². The quantitative estimate of drug-likeness (QED) is 0.874. The van der Waals surface area contributed by atoms with Crippen molar-refractivity contribution >= 4 is 11.8 Å². The molecule has 1 fully saturated rings. The van der Waals surface area contributed by atoms with Crippen LogP contribution in [-0.2, 0) is 0 Å². The van der Waals surface area contributed by atoms with Crippen LogP contribution in [0.1, 0.15) is 19.3 Å². The van der Waals surface area contributed by atoms with E-state index in [1.54, 1.807) is 7.11 Å². The molecule has 2 unspecified atom stereocenters. The highest BCUT2D eigenvalue weighted by Crippen LogP contribution is 2.38. The summed E-state index contributed by atoms with van der Waals surface area (Å²) < 4.78 is 5.15. The van der Waals surface area contributed by atoms with Gasteiger partial charge in [0.25, 0.3) is 0 Å². The van der Waals surface area contributed by atoms with Crippen molar-refractivity contribution in [2.75, 3.05) is 13.7 Å². The van der Waals surface area contributed by atoms with Crippen LogP contribution in [0.25, 0.3) is 0 Å². The van der Waals surface area contributed by atoms with Crippen LogP contribution >= 0.6 is 11.8 Å². The second kappa shape index (κ2) is 5.60. The van der Waals surface area contributed by atoms with E-state index in [9.17, 15) is 0 Å². The molecule has 1 saturated carbocycles. The van der Waals surface area contributed by atoms with Gasteiger partial charge in [0.15, 0.2) is 0 Å². The predicted octanol–water partition coefficient (Wildman–Crippen LogP) is 2.91. The van der Waals surface area contributed by atoms with Gasteiger partial charge in [0, 0.05) is 10.1 Å². The van der Waals surface area contributed by atoms with Crippen LogP contribution in [0.2, 0.25) is 0 Å². The Balaban J connectivity index is 1.97. The van der Waals surface area contributed by atoms with Crippen molar-refractivity contribution in [3.05, 3.63) is 24.3 Å². The van der Waals surface area contributed by atoms with E-state index in [0.717, 1.165) is 12.3 Å². The number of ether oxygens (including phenoxy) is 1. The van der Waals surface area contributed by atoms with Crippen LogP contribution in [0.15, 0.2) is 29.2 Å². The van der Waals surface area contributed by atoms with Crippen LogP contribution in [0.4, 0.5) is 0 Å². The molecule has 0 heterocycles. The van der Waals surface area contributed by atoms with E-state index in [2.05, 4.69) is 12.1 Å². The van der Waals surface area contributed by atoms with Crippen LogP contribution in [-0.4, -0.2) is 18.9 Å². The highest BCUT2D eigenvalue weighted by molar-refractivity contribution is 8.00. The molecule has 0 aliphatic heterocycles. The Morgan fingerprint density at radius 3 is 2.69 bits per heavy atom. The standard InChI is InChI=1S/C13H19NOS/c1-15-11-5-7-12(8-6-11)16-13-4-2-3-10(13)9-14/h5-8,10,13H,2-4,9,14H2,1H3. The Morgan fingerprint density at radius 1 is 1.31 bits per heavy atom. The molecule has 0 aromatic heterocycles. The summed E-state index contributed by atoms with van der Waals surface area (Å²) in [5.74, 6) is 1.62.